The molecule has 37 nitrogen and oxygen atoms in total. The molecule has 0 amide bonds. The zero-order valence-electron chi connectivity index (χ0n) is 80.8. The number of benzene rings is 7. The molecule has 5 aliphatic rings. The number of carbonyl (C=O) groups excluding carboxylic acids is 8. The number of aliphatic hydroxyl groups is 6. The first kappa shape index (κ1) is 130. The molecule has 7 heterocycles. The molecule has 9 aromatic rings. The molecule has 49 heteroatoms. The van der Waals surface area contributed by atoms with E-state index < -0.39 is 142 Å². The fourth-order valence-electron chi connectivity index (χ4n) is 14.7. The predicted molar refractivity (Wildman–Crippen MR) is 589 cm³/mol. The monoisotopic (exact) mass is 2960 g/mol. The quantitative estimate of drug-likeness (QED) is 0.00990. The Morgan fingerprint density at radius 2 is 0.767 bits per heavy atom. The second-order valence-electron chi connectivity index (χ2n) is 32.6. The van der Waals surface area contributed by atoms with Crippen molar-refractivity contribution < 1.29 is 173 Å². The number of esters is 8. The third kappa shape index (κ3) is 43.7. The fourth-order valence-corrected chi connectivity index (χ4v) is 16.3. The van der Waals surface area contributed by atoms with Crippen molar-refractivity contribution in [3.8, 4) is 34.0 Å². The third-order valence-electron chi connectivity index (χ3n) is 21.7. The molecule has 0 bridgehead atoms. The van der Waals surface area contributed by atoms with Crippen LogP contribution in [0.15, 0.2) is 221 Å². The number of aromatic nitrogens is 4. The van der Waals surface area contributed by atoms with Gasteiger partial charge >= 0.3 is 112 Å². The second-order valence-corrected chi connectivity index (χ2v) is 52.5. The number of aliphatic hydroxyl groups excluding tert-OH is 6. The van der Waals surface area contributed by atoms with E-state index in [4.69, 9.17) is 90.5 Å². The van der Waals surface area contributed by atoms with Crippen molar-refractivity contribution >= 4 is 235 Å². The van der Waals surface area contributed by atoms with Crippen molar-refractivity contribution in [2.75, 3.05) is 33.0 Å². The van der Waals surface area contributed by atoms with Gasteiger partial charge in [0, 0.05) is 147 Å². The van der Waals surface area contributed by atoms with E-state index in [2.05, 4.69) is 166 Å². The summed E-state index contributed by atoms with van der Waals surface area (Å²) in [6.07, 6.45) is -7.91. The number of nitrogens with zero attached hydrogens (tertiary/aromatic N) is 4. The molecule has 21 atom stereocenters. The van der Waals surface area contributed by atoms with E-state index in [0.717, 1.165) is 51.3 Å². The van der Waals surface area contributed by atoms with Crippen molar-refractivity contribution in [1.82, 2.24) is 20.4 Å². The van der Waals surface area contributed by atoms with Crippen LogP contribution in [0.5, 0.6) is 0 Å². The fraction of sp³-hybridized carbons (Fsp3) is 0.402. The topological polar surface area (TPSA) is 537 Å². The minimum Gasteiger partial charge on any atom is -0.423 e. The van der Waals surface area contributed by atoms with Gasteiger partial charge in [-0.05, 0) is 141 Å². The average Bonchev–Trinajstić information content (AvgIpc) is 0.916. The molecule has 0 spiro atoms. The van der Waals surface area contributed by atoms with Gasteiger partial charge in [0.15, 0.2) is 12.2 Å². The minimum atomic E-state index is -1.46. The molecular formula is C97H113B2Br4I6N4O33-. The van der Waals surface area contributed by atoms with E-state index >= 15 is 0 Å². The maximum absolute atomic E-state index is 11.5. The van der Waals surface area contributed by atoms with Gasteiger partial charge in [-0.25, -0.2) is 0 Å². The van der Waals surface area contributed by atoms with Crippen LogP contribution in [0, 0.1) is 31.6 Å². The number of carbonyl (C=O) groups is 8. The van der Waals surface area contributed by atoms with Crippen LogP contribution in [0.1, 0.15) is 135 Å². The van der Waals surface area contributed by atoms with Gasteiger partial charge in [-0.2, -0.15) is 0 Å². The van der Waals surface area contributed by atoms with E-state index in [-0.39, 0.29) is 104 Å². The summed E-state index contributed by atoms with van der Waals surface area (Å²) < 4.78 is 83.8. The SMILES string of the molecule is CC(=O)OC[C@H]1OC(c2cccc(Br)c2)C=C[C@@H]1OC(C)=O.CC(=O)OC[C@H]1OC(c2cccc(Br)c2)[C@@H](C)[C@@H](C)[C@@H]1OC(C)=O.CC(=O)OC[C@H]1OC(c2cccc(Br)c2)[C@@H](O)[C@@H](O)[C@@H]1OC(C)=O.CC(=O)OC[C@H]1OC=C[C@@H](C)[C@@H]1OC(C)=O.Cc1nnc(-c2ccc(-c3cccc(C4O[C@H](CO)[C@@H](O)[C@H](O)[C@@H]4O)c3)cc2)o1.Cc1nnc(-c2ccc(B(O)O)cc2)o1.I.II.I[I-]I.OB(O)c1cccc(Br)c1. The van der Waals surface area contributed by atoms with Gasteiger partial charge in [0.2, 0.25) is 23.6 Å². The predicted octanol–water partition coefficient (Wildman–Crippen LogP) is 11.0. The van der Waals surface area contributed by atoms with Crippen LogP contribution in [0.3, 0.4) is 0 Å². The average molecular weight is 2970 g/mol. The minimum absolute atomic E-state index is 0. The Balaban J connectivity index is 0.000000302. The van der Waals surface area contributed by atoms with Crippen LogP contribution < -0.4 is 24.2 Å². The molecule has 0 saturated carbocycles. The number of halogens is 10. The van der Waals surface area contributed by atoms with Gasteiger partial charge in [-0.3, -0.25) is 38.4 Å². The van der Waals surface area contributed by atoms with E-state index in [1.165, 1.54) is 55.4 Å². The van der Waals surface area contributed by atoms with Crippen LogP contribution in [0.4, 0.5) is 0 Å². The van der Waals surface area contributed by atoms with Gasteiger partial charge in [0.1, 0.15) is 118 Å². The normalized spacial score (nSPS) is 23.8. The number of ether oxygens (including phenoxy) is 13. The third-order valence-corrected chi connectivity index (χ3v) is 23.6. The van der Waals surface area contributed by atoms with Crippen molar-refractivity contribution in [1.29, 1.82) is 0 Å². The molecule has 4 unspecified atom stereocenters. The van der Waals surface area contributed by atoms with Gasteiger partial charge < -0.3 is 121 Å². The summed E-state index contributed by atoms with van der Waals surface area (Å²) in [5, 5.41) is 111. The van der Waals surface area contributed by atoms with E-state index in [9.17, 15) is 69.0 Å². The smallest absolute Gasteiger partial charge is 0.423 e. The molecule has 3 fully saturated rings. The summed E-state index contributed by atoms with van der Waals surface area (Å²) in [7, 11) is -2.83. The zero-order valence-corrected chi connectivity index (χ0v) is 100. The standard InChI is InChI=1S/C21H22N2O6.C18H23BrO5.C16H19BrO7.C16H17BrO5.C11H16O5.C9H9BN2O3.C6H6BBrO2.I3.I2.HI/c1-11-22-23-21(28-11)13-7-5-12(6-8-13)14-3-2-4-15(9-14)20-19(27)18(26)17(25)16(10-24)29-20;1-10-11(2)18(23-13(4)21)16(9-22-12(3)20)24-17(10)14-6-5-7-15(19)8-14;1-8(18)22-7-12-16(23-9(2)19)14(21)13(20)15(24-12)10-4-3-5-11(17)6-10;1-10(18)20-9-16-15(21-11(2)19)7-6-14(22-16)12-4-3-5-13(17)8-12;1-7-4-5-14-10(6-15-8(2)12)11(7)16-9(3)13;1-6-11-12-9(15-6)7-2-4-8(5-3-7)10(13)14;8-6-3-1-2-5(4-6)7(9)10;1-3-2;1-2;/h2-9,16-20,24-27H,10H2,1H3;5-8,10-11,16-18H,9H2,1-4H3;3-6,12-16,20-21H,7H2,1-2H3;3-8,14-16H,9H2,1-2H3;4-5,7,10-11H,6H2,1-3H3;2-5,13-14H,1H3;1-4,9-10H;;;1H/q;;;;;;;-1;;/t16-,17-,18+,19+,20?;10-,11+,16+,17?,18-;12-,13+,14-,15?,16-;14?,15-,16+;7-,10-,11+;;;;;/m10101...../s1. The summed E-state index contributed by atoms with van der Waals surface area (Å²) >= 11 is 23.0. The molecule has 5 aliphatic heterocycles. The van der Waals surface area contributed by atoms with E-state index in [0.29, 0.717) is 58.9 Å². The Kier molecular flexibility index (Phi) is 60.0. The molecule has 14 rings (SSSR count). The zero-order chi connectivity index (χ0) is 108. The summed E-state index contributed by atoms with van der Waals surface area (Å²) in [5.74, 6) is -1.38. The molecule has 7 aromatic carbocycles. The first-order valence-corrected chi connectivity index (χ1v) is 66.4. The Labute approximate surface area is 948 Å². The first-order chi connectivity index (χ1) is 68.8. The molecular weight excluding hydrogens is 2850 g/mol. The Hall–Kier alpha value is -6.27. The Morgan fingerprint density at radius 1 is 0.384 bits per heavy atom. The van der Waals surface area contributed by atoms with Crippen molar-refractivity contribution in [2.24, 2.45) is 17.8 Å². The van der Waals surface area contributed by atoms with Crippen molar-refractivity contribution in [2.45, 2.75) is 200 Å². The maximum atomic E-state index is 11.5. The summed E-state index contributed by atoms with van der Waals surface area (Å²) in [6, 6.07) is 51.1. The van der Waals surface area contributed by atoms with E-state index in [1.54, 1.807) is 99.0 Å². The van der Waals surface area contributed by atoms with Gasteiger partial charge in [-0.1, -0.05) is 182 Å². The number of hydrogen-bond acceptors (Lipinski definition) is 37. The largest absolute Gasteiger partial charge is 0.488 e. The molecule has 3 saturated heterocycles. The van der Waals surface area contributed by atoms with Crippen molar-refractivity contribution in [3.63, 3.8) is 0 Å². The molecule has 0 aliphatic carbocycles. The van der Waals surface area contributed by atoms with Crippen LogP contribution >= 0.6 is 162 Å². The number of rotatable bonds is 22. The van der Waals surface area contributed by atoms with Gasteiger partial charge in [0.25, 0.3) is 0 Å². The first-order valence-electron chi connectivity index (χ1n) is 44.3. The van der Waals surface area contributed by atoms with Crippen LogP contribution in [-0.4, -0.2) is 252 Å². The van der Waals surface area contributed by atoms with Crippen LogP contribution in [0.2, 0.25) is 0 Å². The second kappa shape index (κ2) is 67.3. The summed E-state index contributed by atoms with van der Waals surface area (Å²) in [4.78, 5) is 88.7. The van der Waals surface area contributed by atoms with Gasteiger partial charge in [-0.15, -0.1) is 44.4 Å². The van der Waals surface area contributed by atoms with E-state index in [1.807, 2.05) is 123 Å². The molecule has 2 aromatic heterocycles. The summed E-state index contributed by atoms with van der Waals surface area (Å²) in [6.45, 7) is 19.4. The van der Waals surface area contributed by atoms with Crippen molar-refractivity contribution in [3.05, 3.63) is 246 Å². The molecule has 796 valence electrons. The molecule has 146 heavy (non-hydrogen) atoms. The van der Waals surface area contributed by atoms with Gasteiger partial charge in [0.05, 0.1) is 19.0 Å². The van der Waals surface area contributed by atoms with Crippen LogP contribution in [-0.2, 0) is 99.9 Å². The molecule has 0 radical (unpaired) electrons. The number of hydrogen-bond donors (Lipinski definition) is 10. The Morgan fingerprint density at radius 3 is 1.21 bits per heavy atom. The summed E-state index contributed by atoms with van der Waals surface area (Å²) in [5.41, 5.74) is 7.55. The van der Waals surface area contributed by atoms with Crippen LogP contribution in [0.25, 0.3) is 34.0 Å². The maximum Gasteiger partial charge on any atom is 0.488 e. The Bertz CT molecular complexity index is 5530. The number of aryl methyl sites for hydroxylation is 2. The molecule has 10 N–H and O–H groups in total.